The predicted molar refractivity (Wildman–Crippen MR) is 62.2 cm³/mol. The summed E-state index contributed by atoms with van der Waals surface area (Å²) in [5.74, 6) is 0.569. The zero-order valence-corrected chi connectivity index (χ0v) is 10.2. The van der Waals surface area contributed by atoms with Crippen LogP contribution in [0.5, 0.6) is 0 Å². The zero-order valence-electron chi connectivity index (χ0n) is 10.2. The Morgan fingerprint density at radius 1 is 1.56 bits per heavy atom. The van der Waals surface area contributed by atoms with Crippen molar-refractivity contribution < 1.29 is 9.53 Å². The van der Waals surface area contributed by atoms with Crippen molar-refractivity contribution in [3.63, 3.8) is 0 Å². The van der Waals surface area contributed by atoms with Crippen molar-refractivity contribution in [3.05, 3.63) is 0 Å². The molecule has 2 heterocycles. The summed E-state index contributed by atoms with van der Waals surface area (Å²) < 4.78 is 5.34. The summed E-state index contributed by atoms with van der Waals surface area (Å²) in [6, 6.07) is -0.0221. The van der Waals surface area contributed by atoms with Gasteiger partial charge in [-0.15, -0.1) is 0 Å². The highest BCUT2D eigenvalue weighted by Crippen LogP contribution is 2.20. The van der Waals surface area contributed by atoms with E-state index in [2.05, 4.69) is 24.5 Å². The fraction of sp³-hybridized carbons (Fsp3) is 0.917. The highest BCUT2D eigenvalue weighted by atomic mass is 16.5. The quantitative estimate of drug-likeness (QED) is 0.727. The minimum atomic E-state index is -0.157. The third-order valence-electron chi connectivity index (χ3n) is 3.70. The van der Waals surface area contributed by atoms with Crippen LogP contribution < -0.4 is 10.6 Å². The Kier molecular flexibility index (Phi) is 3.50. The van der Waals surface area contributed by atoms with Crippen molar-refractivity contribution in [2.75, 3.05) is 19.8 Å². The summed E-state index contributed by atoms with van der Waals surface area (Å²) in [4.78, 5) is 12.1. The van der Waals surface area contributed by atoms with Gasteiger partial charge in [0.25, 0.3) is 0 Å². The largest absolute Gasteiger partial charge is 0.379 e. The lowest BCUT2D eigenvalue weighted by Gasteiger charge is -2.32. The van der Waals surface area contributed by atoms with Gasteiger partial charge in [-0.25, -0.2) is 0 Å². The number of carbonyl (C=O) groups excluding carboxylic acids is 1. The second-order valence-electron chi connectivity index (χ2n) is 5.40. The van der Waals surface area contributed by atoms with Crippen LogP contribution in [0, 0.1) is 5.92 Å². The number of nitrogens with one attached hydrogen (secondary N) is 2. The van der Waals surface area contributed by atoms with Gasteiger partial charge in [-0.3, -0.25) is 4.79 Å². The number of carbonyl (C=O) groups is 1. The van der Waals surface area contributed by atoms with Gasteiger partial charge < -0.3 is 15.4 Å². The van der Waals surface area contributed by atoms with E-state index in [1.807, 2.05) is 0 Å². The fourth-order valence-corrected chi connectivity index (χ4v) is 2.54. The third-order valence-corrected chi connectivity index (χ3v) is 3.70. The summed E-state index contributed by atoms with van der Waals surface area (Å²) in [6.07, 6.45) is 3.23. The summed E-state index contributed by atoms with van der Waals surface area (Å²) in [5.41, 5.74) is -0.157. The molecule has 2 aliphatic rings. The fourth-order valence-electron chi connectivity index (χ4n) is 2.54. The maximum Gasteiger partial charge on any atom is 0.237 e. The van der Waals surface area contributed by atoms with Crippen LogP contribution in [0.1, 0.15) is 33.1 Å². The van der Waals surface area contributed by atoms with Crippen LogP contribution in [-0.2, 0) is 9.53 Å². The minimum Gasteiger partial charge on any atom is -0.379 e. The molecule has 92 valence electrons. The standard InChI is InChI=1S/C12H22N2O2/c1-9-4-3-6-13-10(9)11(15)14-12(2)5-7-16-8-12/h9-10,13H,3-8H2,1-2H3,(H,14,15). The van der Waals surface area contributed by atoms with Crippen molar-refractivity contribution in [2.24, 2.45) is 5.92 Å². The summed E-state index contributed by atoms with van der Waals surface area (Å²) in [5, 5.41) is 6.44. The first kappa shape index (κ1) is 11.9. The van der Waals surface area contributed by atoms with E-state index in [4.69, 9.17) is 4.74 Å². The van der Waals surface area contributed by atoms with E-state index in [1.165, 1.54) is 6.42 Å². The average Bonchev–Trinajstić information content (AvgIpc) is 2.65. The predicted octanol–water partition coefficient (Wildman–Crippen LogP) is 0.670. The van der Waals surface area contributed by atoms with Crippen LogP contribution in [-0.4, -0.2) is 37.2 Å². The van der Waals surface area contributed by atoms with E-state index in [1.54, 1.807) is 0 Å². The van der Waals surface area contributed by atoms with Gasteiger partial charge >= 0.3 is 0 Å². The second kappa shape index (κ2) is 4.72. The molecular weight excluding hydrogens is 204 g/mol. The molecule has 0 spiro atoms. The van der Waals surface area contributed by atoms with E-state index >= 15 is 0 Å². The smallest absolute Gasteiger partial charge is 0.237 e. The molecule has 3 unspecified atom stereocenters. The van der Waals surface area contributed by atoms with Gasteiger partial charge in [-0.2, -0.15) is 0 Å². The molecule has 2 fully saturated rings. The number of amides is 1. The normalized spacial score (nSPS) is 39.6. The van der Waals surface area contributed by atoms with Crippen LogP contribution in [0.4, 0.5) is 0 Å². The first-order chi connectivity index (χ1) is 7.61. The van der Waals surface area contributed by atoms with Gasteiger partial charge in [-0.1, -0.05) is 6.92 Å². The zero-order chi connectivity index (χ0) is 11.6. The summed E-state index contributed by atoms with van der Waals surface area (Å²) >= 11 is 0. The molecule has 4 heteroatoms. The maximum absolute atomic E-state index is 12.1. The van der Waals surface area contributed by atoms with Crippen LogP contribution in [0.15, 0.2) is 0 Å². The molecule has 0 radical (unpaired) electrons. The Morgan fingerprint density at radius 3 is 3.00 bits per heavy atom. The van der Waals surface area contributed by atoms with Crippen molar-refractivity contribution in [1.82, 2.24) is 10.6 Å². The number of hydrogen-bond acceptors (Lipinski definition) is 3. The first-order valence-corrected chi connectivity index (χ1v) is 6.24. The molecule has 2 rings (SSSR count). The number of hydrogen-bond donors (Lipinski definition) is 2. The Hall–Kier alpha value is -0.610. The number of ether oxygens (including phenoxy) is 1. The lowest BCUT2D eigenvalue weighted by Crippen LogP contribution is -2.57. The van der Waals surface area contributed by atoms with Crippen LogP contribution in [0.3, 0.4) is 0 Å². The molecule has 0 aromatic carbocycles. The van der Waals surface area contributed by atoms with Gasteiger partial charge in [0.05, 0.1) is 18.2 Å². The van der Waals surface area contributed by atoms with Gasteiger partial charge in [0.15, 0.2) is 0 Å². The molecule has 2 aliphatic heterocycles. The molecule has 2 N–H and O–H groups in total. The average molecular weight is 226 g/mol. The molecular formula is C12H22N2O2. The number of piperidine rings is 1. The van der Waals surface area contributed by atoms with Gasteiger partial charge in [0, 0.05) is 6.61 Å². The SMILES string of the molecule is CC1CCCNC1C(=O)NC1(C)CCOC1. The van der Waals surface area contributed by atoms with Crippen molar-refractivity contribution >= 4 is 5.91 Å². The molecule has 2 saturated heterocycles. The lowest BCUT2D eigenvalue weighted by molar-refractivity contribution is -0.126. The molecule has 0 saturated carbocycles. The maximum atomic E-state index is 12.1. The minimum absolute atomic E-state index is 0.0221. The van der Waals surface area contributed by atoms with Gasteiger partial charge in [-0.05, 0) is 38.6 Å². The topological polar surface area (TPSA) is 50.4 Å². The monoisotopic (exact) mass is 226 g/mol. The van der Waals surface area contributed by atoms with Crippen LogP contribution >= 0.6 is 0 Å². The number of rotatable bonds is 2. The molecule has 0 aromatic heterocycles. The Labute approximate surface area is 97.1 Å². The van der Waals surface area contributed by atoms with Crippen molar-refractivity contribution in [2.45, 2.75) is 44.7 Å². The highest BCUT2D eigenvalue weighted by Gasteiger charge is 2.35. The van der Waals surface area contributed by atoms with Crippen molar-refractivity contribution in [1.29, 1.82) is 0 Å². The summed E-state index contributed by atoms with van der Waals surface area (Å²) in [7, 11) is 0. The molecule has 16 heavy (non-hydrogen) atoms. The van der Waals surface area contributed by atoms with E-state index in [0.29, 0.717) is 12.5 Å². The Balaban J connectivity index is 1.91. The van der Waals surface area contributed by atoms with E-state index < -0.39 is 0 Å². The molecule has 3 atom stereocenters. The second-order valence-corrected chi connectivity index (χ2v) is 5.40. The molecule has 1 amide bonds. The van der Waals surface area contributed by atoms with Crippen LogP contribution in [0.2, 0.25) is 0 Å². The first-order valence-electron chi connectivity index (χ1n) is 6.24. The van der Waals surface area contributed by atoms with Crippen LogP contribution in [0.25, 0.3) is 0 Å². The lowest BCUT2D eigenvalue weighted by atomic mass is 9.91. The molecule has 4 nitrogen and oxygen atoms in total. The molecule has 0 aliphatic carbocycles. The van der Waals surface area contributed by atoms with E-state index in [0.717, 1.165) is 26.0 Å². The van der Waals surface area contributed by atoms with Crippen molar-refractivity contribution in [3.8, 4) is 0 Å². The molecule has 0 bridgehead atoms. The van der Waals surface area contributed by atoms with Gasteiger partial charge in [0.1, 0.15) is 0 Å². The summed E-state index contributed by atoms with van der Waals surface area (Å²) in [6.45, 7) is 6.55. The Morgan fingerprint density at radius 2 is 2.38 bits per heavy atom. The molecule has 0 aromatic rings. The Bertz CT molecular complexity index is 262. The third kappa shape index (κ3) is 2.55. The van der Waals surface area contributed by atoms with E-state index in [-0.39, 0.29) is 17.5 Å². The highest BCUT2D eigenvalue weighted by molar-refractivity contribution is 5.83. The van der Waals surface area contributed by atoms with Gasteiger partial charge in [0.2, 0.25) is 5.91 Å². The van der Waals surface area contributed by atoms with E-state index in [9.17, 15) is 4.79 Å².